The van der Waals surface area contributed by atoms with Crippen LogP contribution in [0.15, 0.2) is 18.2 Å². The van der Waals surface area contributed by atoms with Crippen LogP contribution in [0.25, 0.3) is 0 Å². The molecule has 0 amide bonds. The van der Waals surface area contributed by atoms with Gasteiger partial charge in [0.05, 0.1) is 0 Å². The molecule has 1 aromatic carbocycles. The van der Waals surface area contributed by atoms with Crippen molar-refractivity contribution in [3.63, 3.8) is 0 Å². The molecule has 0 saturated carbocycles. The van der Waals surface area contributed by atoms with Gasteiger partial charge in [-0.05, 0) is 31.2 Å². The minimum absolute atomic E-state index is 0.170. The van der Waals surface area contributed by atoms with Gasteiger partial charge in [0.2, 0.25) is 0 Å². The highest BCUT2D eigenvalue weighted by Crippen LogP contribution is 2.27. The van der Waals surface area contributed by atoms with E-state index in [0.29, 0.717) is 10.6 Å². The van der Waals surface area contributed by atoms with Gasteiger partial charge in [-0.3, -0.25) is 0 Å². The molecule has 1 heterocycles. The lowest BCUT2D eigenvalue weighted by Crippen LogP contribution is -2.35. The Morgan fingerprint density at radius 1 is 1.50 bits per heavy atom. The predicted octanol–water partition coefficient (Wildman–Crippen LogP) is 2.51. The van der Waals surface area contributed by atoms with Crippen molar-refractivity contribution in [1.82, 2.24) is 5.32 Å². The summed E-state index contributed by atoms with van der Waals surface area (Å²) in [5.74, 6) is -0.170. The van der Waals surface area contributed by atoms with Gasteiger partial charge in [-0.15, -0.1) is 0 Å². The molecule has 1 N–H and O–H groups in total. The van der Waals surface area contributed by atoms with Gasteiger partial charge in [-0.2, -0.15) is 0 Å². The molecule has 1 saturated heterocycles. The summed E-state index contributed by atoms with van der Waals surface area (Å²) in [5, 5.41) is 3.73. The Hall–Kier alpha value is -0.600. The van der Waals surface area contributed by atoms with E-state index in [1.807, 2.05) is 0 Å². The Bertz CT molecular complexity index is 297. The van der Waals surface area contributed by atoms with E-state index in [0.717, 1.165) is 13.0 Å². The van der Waals surface area contributed by atoms with E-state index < -0.39 is 0 Å². The first-order valence-electron chi connectivity index (χ1n) is 3.96. The minimum Gasteiger partial charge on any atom is -0.310 e. The smallest absolute Gasteiger partial charge is 0.128 e. The molecular weight excluding hydrogens is 177 g/mol. The third-order valence-corrected chi connectivity index (χ3v) is 2.39. The van der Waals surface area contributed by atoms with Gasteiger partial charge in [0.25, 0.3) is 0 Å². The highest BCUT2D eigenvalue weighted by Gasteiger charge is 2.21. The average molecular weight is 186 g/mol. The number of hydrogen-bond donors (Lipinski definition) is 1. The van der Waals surface area contributed by atoms with Crippen molar-refractivity contribution in [1.29, 1.82) is 0 Å². The molecule has 3 heteroatoms. The molecule has 1 fully saturated rings. The zero-order valence-electron chi connectivity index (χ0n) is 6.48. The van der Waals surface area contributed by atoms with Gasteiger partial charge < -0.3 is 5.32 Å². The third-order valence-electron chi connectivity index (χ3n) is 2.16. The van der Waals surface area contributed by atoms with Gasteiger partial charge in [-0.25, -0.2) is 4.39 Å². The molecule has 1 aliphatic rings. The van der Waals surface area contributed by atoms with Crippen LogP contribution in [-0.4, -0.2) is 6.54 Å². The van der Waals surface area contributed by atoms with Crippen LogP contribution in [0.1, 0.15) is 18.0 Å². The Morgan fingerprint density at radius 3 is 2.83 bits per heavy atom. The Labute approximate surface area is 75.5 Å². The van der Waals surface area contributed by atoms with Gasteiger partial charge in [-0.1, -0.05) is 11.6 Å². The number of hydrogen-bond acceptors (Lipinski definition) is 1. The summed E-state index contributed by atoms with van der Waals surface area (Å²) < 4.78 is 13.1. The fraction of sp³-hybridized carbons (Fsp3) is 0.333. The summed E-state index contributed by atoms with van der Waals surface area (Å²) in [4.78, 5) is 0. The van der Waals surface area contributed by atoms with Crippen molar-refractivity contribution < 1.29 is 4.39 Å². The van der Waals surface area contributed by atoms with Crippen LogP contribution in [0, 0.1) is 5.82 Å². The summed E-state index contributed by atoms with van der Waals surface area (Å²) in [6.45, 7) is 0.969. The molecule has 1 aliphatic heterocycles. The molecule has 0 bridgehead atoms. The standard InChI is InChI=1S/C9H9ClFN/c10-6-1-2-8(11)7(5-6)9-3-4-12-9/h1-2,5,9,12H,3-4H2/t9-/m0/s1. The Morgan fingerprint density at radius 2 is 2.25 bits per heavy atom. The van der Waals surface area contributed by atoms with E-state index in [-0.39, 0.29) is 11.9 Å². The first kappa shape index (κ1) is 8.02. The molecule has 12 heavy (non-hydrogen) atoms. The second-order valence-corrected chi connectivity index (χ2v) is 3.40. The van der Waals surface area contributed by atoms with Crippen molar-refractivity contribution in [2.75, 3.05) is 6.54 Å². The van der Waals surface area contributed by atoms with Crippen LogP contribution < -0.4 is 5.32 Å². The lowest BCUT2D eigenvalue weighted by molar-refractivity contribution is 0.370. The molecule has 1 nitrogen and oxygen atoms in total. The van der Waals surface area contributed by atoms with Gasteiger partial charge >= 0.3 is 0 Å². The second-order valence-electron chi connectivity index (χ2n) is 2.96. The van der Waals surface area contributed by atoms with Crippen molar-refractivity contribution in [3.05, 3.63) is 34.6 Å². The molecule has 0 radical (unpaired) electrons. The van der Waals surface area contributed by atoms with Crippen molar-refractivity contribution in [2.24, 2.45) is 0 Å². The number of nitrogens with one attached hydrogen (secondary N) is 1. The van der Waals surface area contributed by atoms with Crippen molar-refractivity contribution in [2.45, 2.75) is 12.5 Å². The van der Waals surface area contributed by atoms with Gasteiger partial charge in [0, 0.05) is 16.6 Å². The summed E-state index contributed by atoms with van der Waals surface area (Å²) in [6.07, 6.45) is 0.997. The van der Waals surface area contributed by atoms with Crippen LogP contribution in [0.4, 0.5) is 4.39 Å². The number of rotatable bonds is 1. The molecule has 1 atom stereocenters. The molecule has 0 spiro atoms. The summed E-state index contributed by atoms with van der Waals surface area (Å²) >= 11 is 5.75. The molecular formula is C9H9ClFN. The van der Waals surface area contributed by atoms with Crippen LogP contribution in [0.3, 0.4) is 0 Å². The SMILES string of the molecule is Fc1ccc(Cl)cc1[C@@H]1CCN1. The fourth-order valence-electron chi connectivity index (χ4n) is 1.34. The molecule has 0 aliphatic carbocycles. The predicted molar refractivity (Wildman–Crippen MR) is 46.8 cm³/mol. The first-order valence-corrected chi connectivity index (χ1v) is 4.33. The maximum Gasteiger partial charge on any atom is 0.128 e. The average Bonchev–Trinajstić information content (AvgIpc) is 1.93. The van der Waals surface area contributed by atoms with E-state index in [9.17, 15) is 4.39 Å². The number of halogens is 2. The first-order chi connectivity index (χ1) is 5.77. The van der Waals surface area contributed by atoms with E-state index in [1.165, 1.54) is 6.07 Å². The Kier molecular flexibility index (Phi) is 2.03. The van der Waals surface area contributed by atoms with Gasteiger partial charge in [0.15, 0.2) is 0 Å². The topological polar surface area (TPSA) is 12.0 Å². The summed E-state index contributed by atoms with van der Waals surface area (Å²) in [7, 11) is 0. The van der Waals surface area contributed by atoms with Crippen LogP contribution in [-0.2, 0) is 0 Å². The quantitative estimate of drug-likeness (QED) is 0.709. The van der Waals surface area contributed by atoms with E-state index in [2.05, 4.69) is 5.32 Å². The fourth-order valence-corrected chi connectivity index (χ4v) is 1.52. The lowest BCUT2D eigenvalue weighted by Gasteiger charge is -2.28. The highest BCUT2D eigenvalue weighted by atomic mass is 35.5. The number of benzene rings is 1. The zero-order chi connectivity index (χ0) is 8.55. The van der Waals surface area contributed by atoms with Crippen LogP contribution >= 0.6 is 11.6 Å². The molecule has 1 aromatic rings. The zero-order valence-corrected chi connectivity index (χ0v) is 7.24. The maximum atomic E-state index is 13.1. The molecule has 64 valence electrons. The lowest BCUT2D eigenvalue weighted by atomic mass is 9.98. The summed E-state index contributed by atoms with van der Waals surface area (Å²) in [6, 6.07) is 4.84. The monoisotopic (exact) mass is 185 g/mol. The van der Waals surface area contributed by atoms with Crippen LogP contribution in [0.2, 0.25) is 5.02 Å². The normalized spacial score (nSPS) is 22.0. The van der Waals surface area contributed by atoms with E-state index >= 15 is 0 Å². The Balaban J connectivity index is 2.34. The van der Waals surface area contributed by atoms with Crippen molar-refractivity contribution >= 4 is 11.6 Å². The molecule has 2 rings (SSSR count). The van der Waals surface area contributed by atoms with Crippen molar-refractivity contribution in [3.8, 4) is 0 Å². The van der Waals surface area contributed by atoms with Crippen LogP contribution in [0.5, 0.6) is 0 Å². The van der Waals surface area contributed by atoms with Gasteiger partial charge in [0.1, 0.15) is 5.82 Å². The second kappa shape index (κ2) is 3.04. The van der Waals surface area contributed by atoms with E-state index in [1.54, 1.807) is 12.1 Å². The third kappa shape index (κ3) is 1.32. The molecule has 0 aromatic heterocycles. The van der Waals surface area contributed by atoms with E-state index in [4.69, 9.17) is 11.6 Å². The highest BCUT2D eigenvalue weighted by molar-refractivity contribution is 6.30. The largest absolute Gasteiger partial charge is 0.310 e. The summed E-state index contributed by atoms with van der Waals surface area (Å²) in [5.41, 5.74) is 0.689. The molecule has 0 unspecified atom stereocenters. The minimum atomic E-state index is -0.170. The maximum absolute atomic E-state index is 13.1.